The van der Waals surface area contributed by atoms with E-state index >= 15 is 0 Å². The van der Waals surface area contributed by atoms with Crippen LogP contribution in [0.5, 0.6) is 0 Å². The number of nitrogens with one attached hydrogen (secondary N) is 1. The normalized spacial score (nSPS) is 28.1. The van der Waals surface area contributed by atoms with E-state index < -0.39 is 0 Å². The molecule has 1 unspecified atom stereocenters. The van der Waals surface area contributed by atoms with Gasteiger partial charge in [0, 0.05) is 6.54 Å². The van der Waals surface area contributed by atoms with Crippen LogP contribution in [0.4, 0.5) is 0 Å². The second-order valence-electron chi connectivity index (χ2n) is 5.01. The third-order valence-electron chi connectivity index (χ3n) is 3.60. The van der Waals surface area contributed by atoms with E-state index in [9.17, 15) is 9.59 Å². The van der Waals surface area contributed by atoms with E-state index in [4.69, 9.17) is 0 Å². The van der Waals surface area contributed by atoms with Crippen molar-refractivity contribution in [3.05, 3.63) is 0 Å². The summed E-state index contributed by atoms with van der Waals surface area (Å²) in [5, 5.41) is 2.67. The Morgan fingerprint density at radius 2 is 1.94 bits per heavy atom. The van der Waals surface area contributed by atoms with Crippen LogP contribution in [0.3, 0.4) is 0 Å². The van der Waals surface area contributed by atoms with Crippen LogP contribution in [0.15, 0.2) is 0 Å². The Balaban J connectivity index is 1.91. The molecular weight excluding hydrogens is 204 g/mol. The van der Waals surface area contributed by atoms with Crippen molar-refractivity contribution in [1.82, 2.24) is 10.2 Å². The monoisotopic (exact) mass is 224 g/mol. The van der Waals surface area contributed by atoms with Crippen molar-refractivity contribution in [1.29, 1.82) is 0 Å². The lowest BCUT2D eigenvalue weighted by molar-refractivity contribution is -0.144. The highest BCUT2D eigenvalue weighted by Crippen LogP contribution is 2.24. The molecule has 0 aromatic heterocycles. The maximum absolute atomic E-state index is 11.9. The van der Waals surface area contributed by atoms with Gasteiger partial charge in [-0.15, -0.1) is 0 Å². The van der Waals surface area contributed by atoms with Gasteiger partial charge in [-0.05, 0) is 25.7 Å². The molecule has 1 heterocycles. The number of piperazine rings is 1. The highest BCUT2D eigenvalue weighted by atomic mass is 16.2. The summed E-state index contributed by atoms with van der Waals surface area (Å²) in [6.45, 7) is 2.78. The minimum absolute atomic E-state index is 0.0251. The number of nitrogens with zero attached hydrogens (tertiary/aromatic N) is 1. The van der Waals surface area contributed by atoms with Crippen molar-refractivity contribution >= 4 is 11.8 Å². The van der Waals surface area contributed by atoms with Gasteiger partial charge >= 0.3 is 0 Å². The lowest BCUT2D eigenvalue weighted by Crippen LogP contribution is -2.57. The molecule has 16 heavy (non-hydrogen) atoms. The first-order valence-corrected chi connectivity index (χ1v) is 6.25. The Morgan fingerprint density at radius 3 is 2.62 bits per heavy atom. The van der Waals surface area contributed by atoms with Gasteiger partial charge in [0.05, 0.1) is 6.54 Å². The minimum atomic E-state index is -0.343. The summed E-state index contributed by atoms with van der Waals surface area (Å²) in [5.74, 6) is 0.656. The predicted molar refractivity (Wildman–Crippen MR) is 60.8 cm³/mol. The average Bonchev–Trinajstić information content (AvgIpc) is 2.27. The molecule has 4 nitrogen and oxygen atoms in total. The molecule has 1 aliphatic heterocycles. The molecule has 90 valence electrons. The molecule has 0 aromatic rings. The molecule has 1 atom stereocenters. The van der Waals surface area contributed by atoms with E-state index in [1.54, 1.807) is 11.8 Å². The minimum Gasteiger partial charge on any atom is -0.343 e. The molecule has 2 rings (SSSR count). The van der Waals surface area contributed by atoms with Gasteiger partial charge in [0.1, 0.15) is 6.04 Å². The topological polar surface area (TPSA) is 49.4 Å². The van der Waals surface area contributed by atoms with Crippen LogP contribution in [-0.2, 0) is 9.59 Å². The standard InChI is InChI=1S/C12H20N2O2/c1-9-12(16)14(8-11(15)13-9)7-10-5-3-2-4-6-10/h9-10H,2-8H2,1H3,(H,13,15). The van der Waals surface area contributed by atoms with Gasteiger partial charge in [0.25, 0.3) is 0 Å². The molecule has 0 spiro atoms. The SMILES string of the molecule is CC1NC(=O)CN(CC2CCCCC2)C1=O. The third-order valence-corrected chi connectivity index (χ3v) is 3.60. The number of hydrogen-bond acceptors (Lipinski definition) is 2. The fourth-order valence-electron chi connectivity index (χ4n) is 2.71. The van der Waals surface area contributed by atoms with Gasteiger partial charge in [-0.2, -0.15) is 0 Å². The van der Waals surface area contributed by atoms with Crippen LogP contribution in [0, 0.1) is 5.92 Å². The molecule has 1 aliphatic carbocycles. The van der Waals surface area contributed by atoms with Crippen LogP contribution in [0.25, 0.3) is 0 Å². The van der Waals surface area contributed by atoms with E-state index in [-0.39, 0.29) is 24.4 Å². The van der Waals surface area contributed by atoms with Crippen molar-refractivity contribution in [2.24, 2.45) is 5.92 Å². The Kier molecular flexibility index (Phi) is 3.46. The second-order valence-corrected chi connectivity index (χ2v) is 5.01. The molecule has 2 aliphatic rings. The number of carbonyl (C=O) groups is 2. The van der Waals surface area contributed by atoms with Gasteiger partial charge in [0.2, 0.25) is 11.8 Å². The lowest BCUT2D eigenvalue weighted by atomic mass is 9.88. The highest BCUT2D eigenvalue weighted by Gasteiger charge is 2.31. The number of amides is 2. The van der Waals surface area contributed by atoms with Gasteiger partial charge in [-0.25, -0.2) is 0 Å². The summed E-state index contributed by atoms with van der Waals surface area (Å²) in [4.78, 5) is 25.0. The van der Waals surface area contributed by atoms with Gasteiger partial charge in [0.15, 0.2) is 0 Å². The largest absolute Gasteiger partial charge is 0.343 e. The molecule has 2 amide bonds. The zero-order chi connectivity index (χ0) is 11.5. The fraction of sp³-hybridized carbons (Fsp3) is 0.833. The van der Waals surface area contributed by atoms with Crippen LogP contribution < -0.4 is 5.32 Å². The van der Waals surface area contributed by atoms with Crippen molar-refractivity contribution in [3.63, 3.8) is 0 Å². The summed E-state index contributed by atoms with van der Waals surface area (Å²) >= 11 is 0. The quantitative estimate of drug-likeness (QED) is 0.758. The number of rotatable bonds is 2. The molecule has 0 aromatic carbocycles. The van der Waals surface area contributed by atoms with Gasteiger partial charge in [-0.1, -0.05) is 19.3 Å². The van der Waals surface area contributed by atoms with Crippen LogP contribution in [-0.4, -0.2) is 35.8 Å². The second kappa shape index (κ2) is 4.85. The zero-order valence-corrected chi connectivity index (χ0v) is 9.87. The maximum Gasteiger partial charge on any atom is 0.245 e. The molecule has 1 saturated heterocycles. The molecule has 0 bridgehead atoms. The number of carbonyl (C=O) groups excluding carboxylic acids is 2. The Labute approximate surface area is 96.4 Å². The summed E-state index contributed by atoms with van der Waals surface area (Å²) in [7, 11) is 0. The summed E-state index contributed by atoms with van der Waals surface area (Å²) in [6.07, 6.45) is 6.28. The lowest BCUT2D eigenvalue weighted by Gasteiger charge is -2.34. The molecular formula is C12H20N2O2. The fourth-order valence-corrected chi connectivity index (χ4v) is 2.71. The molecule has 1 saturated carbocycles. The number of hydrogen-bond donors (Lipinski definition) is 1. The van der Waals surface area contributed by atoms with Crippen molar-refractivity contribution in [2.45, 2.75) is 45.1 Å². The molecule has 2 fully saturated rings. The Hall–Kier alpha value is -1.06. The van der Waals surface area contributed by atoms with Crippen molar-refractivity contribution in [2.75, 3.05) is 13.1 Å². The first-order chi connectivity index (χ1) is 7.66. The highest BCUT2D eigenvalue weighted by molar-refractivity contribution is 5.94. The Bertz CT molecular complexity index is 285. The zero-order valence-electron chi connectivity index (χ0n) is 9.87. The van der Waals surface area contributed by atoms with E-state index in [1.807, 2.05) is 0 Å². The molecule has 1 N–H and O–H groups in total. The van der Waals surface area contributed by atoms with Crippen molar-refractivity contribution < 1.29 is 9.59 Å². The van der Waals surface area contributed by atoms with E-state index in [0.717, 1.165) is 6.54 Å². The van der Waals surface area contributed by atoms with E-state index in [2.05, 4.69) is 5.32 Å². The molecule has 0 radical (unpaired) electrons. The summed E-state index contributed by atoms with van der Waals surface area (Å²) in [6, 6.07) is -0.343. The van der Waals surface area contributed by atoms with Crippen LogP contribution in [0.2, 0.25) is 0 Å². The smallest absolute Gasteiger partial charge is 0.245 e. The van der Waals surface area contributed by atoms with Gasteiger partial charge in [-0.3, -0.25) is 9.59 Å². The van der Waals surface area contributed by atoms with E-state index in [1.165, 1.54) is 32.1 Å². The van der Waals surface area contributed by atoms with Crippen molar-refractivity contribution in [3.8, 4) is 0 Å². The first-order valence-electron chi connectivity index (χ1n) is 6.25. The van der Waals surface area contributed by atoms with Crippen LogP contribution >= 0.6 is 0 Å². The molecule has 4 heteroatoms. The predicted octanol–water partition coefficient (Wildman–Crippen LogP) is 0.914. The maximum atomic E-state index is 11.9. The van der Waals surface area contributed by atoms with Gasteiger partial charge < -0.3 is 10.2 Å². The third kappa shape index (κ3) is 2.54. The van der Waals surface area contributed by atoms with Crippen LogP contribution in [0.1, 0.15) is 39.0 Å². The Morgan fingerprint density at radius 1 is 1.25 bits per heavy atom. The average molecular weight is 224 g/mol. The summed E-state index contributed by atoms with van der Waals surface area (Å²) in [5.41, 5.74) is 0. The first kappa shape index (κ1) is 11.4. The summed E-state index contributed by atoms with van der Waals surface area (Å²) < 4.78 is 0. The van der Waals surface area contributed by atoms with E-state index in [0.29, 0.717) is 5.92 Å².